The molecular weight excluding hydrogens is 319 g/mol. The van der Waals surface area contributed by atoms with E-state index in [2.05, 4.69) is 5.16 Å². The number of nitrogens with zero attached hydrogens (tertiary/aromatic N) is 2. The summed E-state index contributed by atoms with van der Waals surface area (Å²) < 4.78 is 18.4. The molecule has 0 saturated carbocycles. The molecule has 1 aromatic heterocycles. The van der Waals surface area contributed by atoms with Gasteiger partial charge in [-0.15, -0.1) is 0 Å². The third-order valence-electron chi connectivity index (χ3n) is 4.38. The largest absolute Gasteiger partial charge is 0.360 e. The van der Waals surface area contributed by atoms with Gasteiger partial charge in [0.25, 0.3) is 5.91 Å². The van der Waals surface area contributed by atoms with Gasteiger partial charge in [0, 0.05) is 12.6 Å². The first-order chi connectivity index (χ1) is 12.0. The van der Waals surface area contributed by atoms with E-state index in [4.69, 9.17) is 4.52 Å². The van der Waals surface area contributed by atoms with Crippen LogP contribution in [0.1, 0.15) is 34.6 Å². The van der Waals surface area contributed by atoms with Crippen LogP contribution < -0.4 is 0 Å². The van der Waals surface area contributed by atoms with Crippen LogP contribution in [0.4, 0.5) is 4.39 Å². The van der Waals surface area contributed by atoms with Gasteiger partial charge in [0.2, 0.25) is 0 Å². The number of carbonyl (C=O) groups is 1. The molecule has 0 spiro atoms. The molecule has 0 aliphatic rings. The van der Waals surface area contributed by atoms with Gasteiger partial charge in [-0.3, -0.25) is 4.79 Å². The minimum absolute atomic E-state index is 0.186. The van der Waals surface area contributed by atoms with Gasteiger partial charge < -0.3 is 9.42 Å². The molecule has 0 aliphatic heterocycles. The standard InChI is InChI=1S/C20H19FN2O2/c1-13(15-9-11-17(21)12-10-15)23(3)20(24)18-14(2)25-22-19(18)16-7-5-4-6-8-16/h4-13H,1-3H3. The number of carbonyl (C=O) groups excluding carboxylic acids is 1. The van der Waals surface area contributed by atoms with Crippen LogP contribution in [-0.2, 0) is 0 Å². The van der Waals surface area contributed by atoms with Crippen molar-refractivity contribution in [3.63, 3.8) is 0 Å². The van der Waals surface area contributed by atoms with Crippen LogP contribution in [0.3, 0.4) is 0 Å². The predicted octanol–water partition coefficient (Wildman–Crippen LogP) is 4.62. The normalized spacial score (nSPS) is 12.0. The van der Waals surface area contributed by atoms with Gasteiger partial charge in [0.1, 0.15) is 22.8 Å². The minimum atomic E-state index is -0.300. The number of amides is 1. The SMILES string of the molecule is Cc1onc(-c2ccccc2)c1C(=O)N(C)C(C)c1ccc(F)cc1. The molecule has 1 amide bonds. The zero-order valence-corrected chi connectivity index (χ0v) is 14.4. The molecule has 3 rings (SSSR count). The maximum absolute atomic E-state index is 13.1. The lowest BCUT2D eigenvalue weighted by Gasteiger charge is -2.25. The molecule has 2 aromatic carbocycles. The predicted molar refractivity (Wildman–Crippen MR) is 93.6 cm³/mol. The number of aromatic nitrogens is 1. The van der Waals surface area contributed by atoms with Gasteiger partial charge in [0.15, 0.2) is 0 Å². The topological polar surface area (TPSA) is 46.3 Å². The second kappa shape index (κ2) is 6.89. The molecule has 4 nitrogen and oxygen atoms in total. The Morgan fingerprint density at radius 1 is 1.12 bits per heavy atom. The third-order valence-corrected chi connectivity index (χ3v) is 4.38. The first kappa shape index (κ1) is 16.9. The van der Waals surface area contributed by atoms with E-state index in [0.717, 1.165) is 11.1 Å². The Morgan fingerprint density at radius 2 is 1.76 bits per heavy atom. The second-order valence-corrected chi connectivity index (χ2v) is 5.97. The summed E-state index contributed by atoms with van der Waals surface area (Å²) in [4.78, 5) is 14.7. The van der Waals surface area contributed by atoms with Crippen LogP contribution >= 0.6 is 0 Å². The Labute approximate surface area is 145 Å². The van der Waals surface area contributed by atoms with Crippen LogP contribution in [0.15, 0.2) is 59.1 Å². The maximum Gasteiger partial charge on any atom is 0.259 e. The van der Waals surface area contributed by atoms with E-state index >= 15 is 0 Å². The molecule has 128 valence electrons. The summed E-state index contributed by atoms with van der Waals surface area (Å²) in [6, 6.07) is 15.4. The van der Waals surface area contributed by atoms with Crippen molar-refractivity contribution in [3.05, 3.63) is 77.3 Å². The Morgan fingerprint density at radius 3 is 2.40 bits per heavy atom. The number of hydrogen-bond acceptors (Lipinski definition) is 3. The second-order valence-electron chi connectivity index (χ2n) is 5.97. The average molecular weight is 338 g/mol. The van der Waals surface area contributed by atoms with Crippen molar-refractivity contribution in [2.45, 2.75) is 19.9 Å². The summed E-state index contributed by atoms with van der Waals surface area (Å²) in [5.74, 6) is -0.0115. The number of rotatable bonds is 4. The molecule has 0 bridgehead atoms. The highest BCUT2D eigenvalue weighted by Crippen LogP contribution is 2.28. The van der Waals surface area contributed by atoms with E-state index in [1.807, 2.05) is 37.3 Å². The fourth-order valence-electron chi connectivity index (χ4n) is 2.73. The van der Waals surface area contributed by atoms with E-state index in [1.54, 1.807) is 31.0 Å². The van der Waals surface area contributed by atoms with Crippen LogP contribution in [0.5, 0.6) is 0 Å². The fourth-order valence-corrected chi connectivity index (χ4v) is 2.73. The number of benzene rings is 2. The van der Waals surface area contributed by atoms with Gasteiger partial charge in [-0.2, -0.15) is 0 Å². The maximum atomic E-state index is 13.1. The summed E-state index contributed by atoms with van der Waals surface area (Å²) in [5, 5.41) is 4.06. The van der Waals surface area contributed by atoms with Crippen LogP contribution in [0, 0.1) is 12.7 Å². The molecule has 0 fully saturated rings. The highest BCUT2D eigenvalue weighted by Gasteiger charge is 2.27. The molecule has 1 unspecified atom stereocenters. The molecule has 0 aliphatic carbocycles. The number of halogens is 1. The molecule has 0 radical (unpaired) electrons. The average Bonchev–Trinajstić information content (AvgIpc) is 3.02. The highest BCUT2D eigenvalue weighted by atomic mass is 19.1. The van der Waals surface area contributed by atoms with Crippen molar-refractivity contribution in [2.75, 3.05) is 7.05 Å². The molecule has 1 atom stereocenters. The lowest BCUT2D eigenvalue weighted by atomic mass is 10.0. The quantitative estimate of drug-likeness (QED) is 0.697. The molecule has 1 heterocycles. The smallest absolute Gasteiger partial charge is 0.259 e. The van der Waals surface area contributed by atoms with Crippen LogP contribution in [-0.4, -0.2) is 23.0 Å². The van der Waals surface area contributed by atoms with E-state index in [0.29, 0.717) is 17.0 Å². The van der Waals surface area contributed by atoms with Crippen LogP contribution in [0.2, 0.25) is 0 Å². The monoisotopic (exact) mass is 338 g/mol. The lowest BCUT2D eigenvalue weighted by molar-refractivity contribution is 0.0741. The van der Waals surface area contributed by atoms with Crippen molar-refractivity contribution in [1.82, 2.24) is 10.1 Å². The Balaban J connectivity index is 1.93. The molecule has 25 heavy (non-hydrogen) atoms. The van der Waals surface area contributed by atoms with Crippen molar-refractivity contribution in [2.24, 2.45) is 0 Å². The van der Waals surface area contributed by atoms with Gasteiger partial charge in [-0.25, -0.2) is 4.39 Å². The van der Waals surface area contributed by atoms with Crippen LogP contribution in [0.25, 0.3) is 11.3 Å². The molecule has 0 N–H and O–H groups in total. The Bertz CT molecular complexity index is 872. The van der Waals surface area contributed by atoms with Gasteiger partial charge in [0.05, 0.1) is 6.04 Å². The van der Waals surface area contributed by atoms with E-state index < -0.39 is 0 Å². The molecular formula is C20H19FN2O2. The summed E-state index contributed by atoms with van der Waals surface area (Å²) >= 11 is 0. The van der Waals surface area contributed by atoms with Gasteiger partial charge >= 0.3 is 0 Å². The third kappa shape index (κ3) is 3.31. The van der Waals surface area contributed by atoms with Crippen molar-refractivity contribution in [3.8, 4) is 11.3 Å². The molecule has 0 saturated heterocycles. The lowest BCUT2D eigenvalue weighted by Crippen LogP contribution is -2.30. The van der Waals surface area contributed by atoms with Crippen molar-refractivity contribution >= 4 is 5.91 Å². The first-order valence-corrected chi connectivity index (χ1v) is 8.03. The van der Waals surface area contributed by atoms with Gasteiger partial charge in [-0.05, 0) is 31.5 Å². The minimum Gasteiger partial charge on any atom is -0.360 e. The summed E-state index contributed by atoms with van der Waals surface area (Å²) in [6.45, 7) is 3.62. The zero-order chi connectivity index (χ0) is 18.0. The molecule has 3 aromatic rings. The fraction of sp³-hybridized carbons (Fsp3) is 0.200. The number of aryl methyl sites for hydroxylation is 1. The molecule has 5 heteroatoms. The summed E-state index contributed by atoms with van der Waals surface area (Å²) in [7, 11) is 1.72. The zero-order valence-electron chi connectivity index (χ0n) is 14.4. The highest BCUT2D eigenvalue weighted by molar-refractivity contribution is 6.00. The van der Waals surface area contributed by atoms with E-state index in [-0.39, 0.29) is 17.8 Å². The van der Waals surface area contributed by atoms with Crippen molar-refractivity contribution < 1.29 is 13.7 Å². The van der Waals surface area contributed by atoms with Gasteiger partial charge in [-0.1, -0.05) is 47.6 Å². The Hall–Kier alpha value is -2.95. The van der Waals surface area contributed by atoms with Crippen molar-refractivity contribution in [1.29, 1.82) is 0 Å². The summed E-state index contributed by atoms with van der Waals surface area (Å²) in [5.41, 5.74) is 2.65. The van der Waals surface area contributed by atoms with E-state index in [9.17, 15) is 9.18 Å². The number of hydrogen-bond donors (Lipinski definition) is 0. The summed E-state index contributed by atoms with van der Waals surface area (Å²) in [6.07, 6.45) is 0. The first-order valence-electron chi connectivity index (χ1n) is 8.03. The van der Waals surface area contributed by atoms with E-state index in [1.165, 1.54) is 12.1 Å². The Kier molecular flexibility index (Phi) is 4.65.